The summed E-state index contributed by atoms with van der Waals surface area (Å²) in [5.74, 6) is 0.116. The summed E-state index contributed by atoms with van der Waals surface area (Å²) in [4.78, 5) is 6.36. The first kappa shape index (κ1) is 15.1. The Bertz CT molecular complexity index is 631. The predicted octanol–water partition coefficient (Wildman–Crippen LogP) is 3.15. The van der Waals surface area contributed by atoms with Gasteiger partial charge in [0.05, 0.1) is 30.7 Å². The zero-order valence-corrected chi connectivity index (χ0v) is 12.6. The van der Waals surface area contributed by atoms with Crippen LogP contribution < -0.4 is 15.4 Å². The van der Waals surface area contributed by atoms with Crippen molar-refractivity contribution in [3.8, 4) is 5.75 Å². The van der Waals surface area contributed by atoms with E-state index in [1.165, 1.54) is 13.2 Å². The molecule has 1 aromatic heterocycles. The van der Waals surface area contributed by atoms with E-state index in [9.17, 15) is 4.39 Å². The monoisotopic (exact) mass is 289 g/mol. The van der Waals surface area contributed by atoms with E-state index in [4.69, 9.17) is 10.5 Å². The highest BCUT2D eigenvalue weighted by atomic mass is 19.1. The van der Waals surface area contributed by atoms with E-state index >= 15 is 0 Å². The molecule has 112 valence electrons. The zero-order chi connectivity index (χ0) is 15.4. The first-order valence-corrected chi connectivity index (χ1v) is 6.85. The van der Waals surface area contributed by atoms with Crippen molar-refractivity contribution in [3.05, 3.63) is 47.5 Å². The van der Waals surface area contributed by atoms with Gasteiger partial charge in [-0.15, -0.1) is 0 Å². The van der Waals surface area contributed by atoms with Gasteiger partial charge in [0.1, 0.15) is 11.6 Å². The van der Waals surface area contributed by atoms with Crippen LogP contribution in [0.2, 0.25) is 0 Å². The van der Waals surface area contributed by atoms with Crippen LogP contribution in [0.4, 0.5) is 15.8 Å². The molecule has 2 rings (SSSR count). The van der Waals surface area contributed by atoms with Crippen LogP contribution in [-0.2, 0) is 6.54 Å². The lowest BCUT2D eigenvalue weighted by Gasteiger charge is -2.24. The van der Waals surface area contributed by atoms with Gasteiger partial charge in [-0.3, -0.25) is 4.98 Å². The number of benzene rings is 1. The van der Waals surface area contributed by atoms with Crippen LogP contribution in [0.3, 0.4) is 0 Å². The Hall–Kier alpha value is -2.30. The molecule has 0 saturated carbocycles. The number of rotatable bonds is 5. The van der Waals surface area contributed by atoms with Crippen LogP contribution in [0.15, 0.2) is 30.3 Å². The van der Waals surface area contributed by atoms with E-state index < -0.39 is 0 Å². The maximum absolute atomic E-state index is 14.2. The van der Waals surface area contributed by atoms with Crippen molar-refractivity contribution in [1.82, 2.24) is 4.98 Å². The van der Waals surface area contributed by atoms with Crippen molar-refractivity contribution >= 4 is 11.4 Å². The van der Waals surface area contributed by atoms with E-state index in [1.54, 1.807) is 6.07 Å². The first-order chi connectivity index (χ1) is 10.0. The molecule has 0 spiro atoms. The van der Waals surface area contributed by atoms with Crippen LogP contribution in [-0.4, -0.2) is 18.6 Å². The molecule has 0 unspecified atom stereocenters. The number of anilines is 2. The molecule has 2 N–H and O–H groups in total. The van der Waals surface area contributed by atoms with Gasteiger partial charge in [-0.2, -0.15) is 0 Å². The number of halogens is 1. The molecular weight excluding hydrogens is 269 g/mol. The van der Waals surface area contributed by atoms with Gasteiger partial charge in [-0.25, -0.2) is 4.39 Å². The van der Waals surface area contributed by atoms with Crippen molar-refractivity contribution in [2.24, 2.45) is 0 Å². The fourth-order valence-electron chi connectivity index (χ4n) is 2.23. The van der Waals surface area contributed by atoms with E-state index in [1.807, 2.05) is 36.9 Å². The lowest BCUT2D eigenvalue weighted by molar-refractivity contribution is 0.416. The number of aryl methyl sites for hydroxylation is 1. The number of nitrogens with two attached hydrogens (primary N) is 1. The Balaban J connectivity index is 2.33. The molecule has 0 aliphatic carbocycles. The summed E-state index contributed by atoms with van der Waals surface area (Å²) in [6, 6.07) is 8.74. The molecule has 0 aliphatic heterocycles. The lowest BCUT2D eigenvalue weighted by atomic mass is 10.2. The summed E-state index contributed by atoms with van der Waals surface area (Å²) in [6.07, 6.45) is 0. The number of hydrogen-bond donors (Lipinski definition) is 1. The summed E-state index contributed by atoms with van der Waals surface area (Å²) >= 11 is 0. The van der Waals surface area contributed by atoms with Crippen LogP contribution in [0.5, 0.6) is 5.75 Å². The Labute approximate surface area is 124 Å². The number of pyridine rings is 1. The second-order valence-corrected chi connectivity index (χ2v) is 4.83. The van der Waals surface area contributed by atoms with Crippen LogP contribution in [0.1, 0.15) is 18.3 Å². The van der Waals surface area contributed by atoms with Gasteiger partial charge >= 0.3 is 0 Å². The number of methoxy groups -OCH3 is 1. The molecule has 0 fully saturated rings. The number of aromatic nitrogens is 1. The third kappa shape index (κ3) is 3.42. The summed E-state index contributed by atoms with van der Waals surface area (Å²) in [7, 11) is 1.52. The topological polar surface area (TPSA) is 51.4 Å². The fraction of sp³-hybridized carbons (Fsp3) is 0.312. The van der Waals surface area contributed by atoms with Crippen LogP contribution >= 0.6 is 0 Å². The molecule has 0 atom stereocenters. The minimum Gasteiger partial charge on any atom is -0.495 e. The third-order valence-corrected chi connectivity index (χ3v) is 3.32. The molecule has 0 saturated heterocycles. The largest absolute Gasteiger partial charge is 0.495 e. The Morgan fingerprint density at radius 3 is 2.71 bits per heavy atom. The second kappa shape index (κ2) is 6.43. The van der Waals surface area contributed by atoms with E-state index in [-0.39, 0.29) is 5.82 Å². The van der Waals surface area contributed by atoms with Crippen molar-refractivity contribution in [2.45, 2.75) is 20.4 Å². The molecule has 1 aromatic carbocycles. The van der Waals surface area contributed by atoms with Gasteiger partial charge in [0, 0.05) is 24.4 Å². The van der Waals surface area contributed by atoms with Gasteiger partial charge in [0.2, 0.25) is 0 Å². The summed E-state index contributed by atoms with van der Waals surface area (Å²) in [5.41, 5.74) is 8.32. The van der Waals surface area contributed by atoms with Gasteiger partial charge in [0.15, 0.2) is 0 Å². The molecule has 0 amide bonds. The Morgan fingerprint density at radius 1 is 1.33 bits per heavy atom. The first-order valence-electron chi connectivity index (χ1n) is 6.85. The molecule has 0 bridgehead atoms. The van der Waals surface area contributed by atoms with Crippen molar-refractivity contribution in [3.63, 3.8) is 0 Å². The van der Waals surface area contributed by atoms with Gasteiger partial charge in [-0.1, -0.05) is 6.07 Å². The molecular formula is C16H20FN3O. The van der Waals surface area contributed by atoms with Crippen LogP contribution in [0, 0.1) is 12.7 Å². The average Bonchev–Trinajstić information content (AvgIpc) is 2.45. The quantitative estimate of drug-likeness (QED) is 0.859. The molecule has 2 aromatic rings. The van der Waals surface area contributed by atoms with Gasteiger partial charge < -0.3 is 15.4 Å². The summed E-state index contributed by atoms with van der Waals surface area (Å²) in [5, 5.41) is 0. The highest BCUT2D eigenvalue weighted by molar-refractivity contribution is 5.63. The minimum atomic E-state index is -0.359. The van der Waals surface area contributed by atoms with Crippen molar-refractivity contribution < 1.29 is 9.13 Å². The summed E-state index contributed by atoms with van der Waals surface area (Å²) in [6.45, 7) is 5.09. The zero-order valence-electron chi connectivity index (χ0n) is 12.6. The highest BCUT2D eigenvalue weighted by Crippen LogP contribution is 2.31. The Kier molecular flexibility index (Phi) is 4.62. The van der Waals surface area contributed by atoms with Gasteiger partial charge in [0.25, 0.3) is 0 Å². The molecule has 21 heavy (non-hydrogen) atoms. The maximum atomic E-state index is 14.2. The van der Waals surface area contributed by atoms with E-state index in [0.29, 0.717) is 30.2 Å². The van der Waals surface area contributed by atoms with E-state index in [0.717, 1.165) is 11.4 Å². The van der Waals surface area contributed by atoms with Crippen LogP contribution in [0.25, 0.3) is 0 Å². The van der Waals surface area contributed by atoms with Gasteiger partial charge in [-0.05, 0) is 26.0 Å². The second-order valence-electron chi connectivity index (χ2n) is 4.83. The SMILES string of the molecule is CCN(Cc1cccc(C)n1)c1cc(OC)c(N)cc1F. The number of nitrogens with zero attached hydrogens (tertiary/aromatic N) is 2. The third-order valence-electron chi connectivity index (χ3n) is 3.32. The number of hydrogen-bond acceptors (Lipinski definition) is 4. The predicted molar refractivity (Wildman–Crippen MR) is 83.1 cm³/mol. The van der Waals surface area contributed by atoms with Crippen molar-refractivity contribution in [2.75, 3.05) is 24.3 Å². The molecule has 1 heterocycles. The highest BCUT2D eigenvalue weighted by Gasteiger charge is 2.15. The molecule has 0 radical (unpaired) electrons. The maximum Gasteiger partial charge on any atom is 0.148 e. The smallest absolute Gasteiger partial charge is 0.148 e. The molecule has 4 nitrogen and oxygen atoms in total. The standard InChI is InChI=1S/C16H20FN3O/c1-4-20(10-12-7-5-6-11(2)19-12)15-9-16(21-3)14(18)8-13(15)17/h5-9H,4,10,18H2,1-3H3. The van der Waals surface area contributed by atoms with E-state index in [2.05, 4.69) is 4.98 Å². The fourth-order valence-corrected chi connectivity index (χ4v) is 2.23. The average molecular weight is 289 g/mol. The Morgan fingerprint density at radius 2 is 2.10 bits per heavy atom. The molecule has 0 aliphatic rings. The number of ether oxygens (including phenoxy) is 1. The number of nitrogen functional groups attached to an aromatic ring is 1. The normalized spacial score (nSPS) is 10.5. The van der Waals surface area contributed by atoms with Crippen molar-refractivity contribution in [1.29, 1.82) is 0 Å². The minimum absolute atomic E-state index is 0.295. The lowest BCUT2D eigenvalue weighted by Crippen LogP contribution is -2.24. The molecule has 5 heteroatoms. The summed E-state index contributed by atoms with van der Waals surface area (Å²) < 4.78 is 19.4.